The van der Waals surface area contributed by atoms with E-state index in [1.807, 2.05) is 0 Å². The van der Waals surface area contributed by atoms with Gasteiger partial charge in [0.25, 0.3) is 0 Å². The van der Waals surface area contributed by atoms with Gasteiger partial charge in [-0.3, -0.25) is 0 Å². The number of hydrogen-bond acceptors (Lipinski definition) is 0. The molecule has 3 rings (SSSR count). The fraction of sp³-hybridized carbons (Fsp3) is 0.795. The fourth-order valence-electron chi connectivity index (χ4n) is 12.5. The van der Waals surface area contributed by atoms with Crippen LogP contribution in [0.1, 0.15) is 358 Å². The van der Waals surface area contributed by atoms with Crippen LogP contribution in [0.2, 0.25) is 49.1 Å². The number of rotatable bonds is 57. The van der Waals surface area contributed by atoms with Gasteiger partial charge >= 0.3 is 169 Å². The molecule has 0 saturated heterocycles. The molecule has 0 spiro atoms. The van der Waals surface area contributed by atoms with E-state index in [9.17, 15) is 5.53 Å². The summed E-state index contributed by atoms with van der Waals surface area (Å²) in [6, 6.07) is 19.9. The smallest absolute Gasteiger partial charge is 0.0654 e. The van der Waals surface area contributed by atoms with Crippen molar-refractivity contribution in [3.05, 3.63) is 88.0 Å². The molecule has 0 atom stereocenters. The van der Waals surface area contributed by atoms with Crippen molar-refractivity contribution >= 4 is 27.5 Å². The standard InChI is InChI=1S/C28H40N2Si2.2C25H51.Pd/c1-8-9-14-26-19-27(24-15-10-12-22(17-24)20-31(2,3)4)30(29)28(26)25-16-11-13-23(18-25)21-32(5,6)7;2*1-3-5-7-9-11-13-15-17-19-21-23-25-24-22-20-18-16-14-12-10-8-6-4-2;/h10-13,15-19H,8-9,14,20-21H2,1-7H3;2*1,3-25H2,2H3;. The molecule has 2 aromatic rings. The Labute approximate surface area is 531 Å². The van der Waals surface area contributed by atoms with Gasteiger partial charge in [0.15, 0.2) is 0 Å². The summed E-state index contributed by atoms with van der Waals surface area (Å²) in [4.78, 5) is 3.10. The van der Waals surface area contributed by atoms with Crippen molar-refractivity contribution < 1.29 is 22.7 Å². The fourth-order valence-corrected chi connectivity index (χ4v) is 17.3. The average molecular weight is 1270 g/mol. The molecule has 1 aliphatic heterocycles. The van der Waals surface area contributed by atoms with Crippen LogP contribution in [-0.4, -0.2) is 20.8 Å². The van der Waals surface area contributed by atoms with E-state index < -0.39 is 16.1 Å². The quantitative estimate of drug-likeness (QED) is 0.0358. The van der Waals surface area contributed by atoms with Crippen LogP contribution in [0.3, 0.4) is 0 Å². The molecular weight excluding hydrogens is 1130 g/mol. The van der Waals surface area contributed by atoms with Gasteiger partial charge in [0.05, 0.1) is 0 Å². The minimum atomic E-state index is -1.21. The Kier molecular flexibility index (Phi) is 50.2. The molecule has 0 fully saturated rings. The Balaban J connectivity index is 0.000000624. The predicted molar refractivity (Wildman–Crippen MR) is 378 cm³/mol. The molecule has 0 unspecified atom stereocenters. The Bertz CT molecular complexity index is 1820. The summed E-state index contributed by atoms with van der Waals surface area (Å²) in [7, 11) is -2.41. The van der Waals surface area contributed by atoms with Crippen LogP contribution in [0.4, 0.5) is 0 Å². The van der Waals surface area contributed by atoms with Crippen molar-refractivity contribution in [2.24, 2.45) is 0 Å². The molecule has 2 nitrogen and oxygen atoms in total. The monoisotopic (exact) mass is 1270 g/mol. The van der Waals surface area contributed by atoms with E-state index in [1.165, 1.54) is 317 Å². The Morgan fingerprint density at radius 2 is 0.602 bits per heavy atom. The topological polar surface area (TPSA) is 25.3 Å². The summed E-state index contributed by atoms with van der Waals surface area (Å²) in [6.45, 7) is 21.3. The summed E-state index contributed by atoms with van der Waals surface area (Å²) >= 11 is 1.06. The maximum atomic E-state index is 11.4. The summed E-state index contributed by atoms with van der Waals surface area (Å²) in [6.07, 6.45) is 74.0. The van der Waals surface area contributed by atoms with Gasteiger partial charge in [-0.1, -0.05) is 245 Å². The van der Waals surface area contributed by atoms with E-state index >= 15 is 0 Å². The first-order valence-corrected chi connectivity index (χ1v) is 46.6. The number of allylic oxidation sites excluding steroid dienone is 2. The molecule has 0 amide bonds. The second-order valence-corrected chi connectivity index (χ2v) is 42.0. The summed E-state index contributed by atoms with van der Waals surface area (Å²) in [5.74, 6) is 0. The Hall–Kier alpha value is -1.38. The van der Waals surface area contributed by atoms with Crippen molar-refractivity contribution in [2.75, 3.05) is 0 Å². The average Bonchev–Trinajstić information content (AvgIpc) is 3.01. The minimum absolute atomic E-state index is 0.902. The van der Waals surface area contributed by atoms with Crippen molar-refractivity contribution in [1.29, 1.82) is 0 Å². The van der Waals surface area contributed by atoms with E-state index in [4.69, 9.17) is 0 Å². The molecule has 1 aliphatic rings. The molecule has 0 aliphatic carbocycles. The van der Waals surface area contributed by atoms with Gasteiger partial charge < -0.3 is 5.53 Å². The molecular formula is C78H142N2PdSi2. The maximum absolute atomic E-state index is 11.4. The summed E-state index contributed by atoms with van der Waals surface area (Å²) < 4.78 is 1.45. The number of unbranched alkanes of at least 4 members (excludes halogenated alkanes) is 45. The molecule has 0 N–H and O–H groups in total. The van der Waals surface area contributed by atoms with Crippen molar-refractivity contribution in [2.45, 2.75) is 397 Å². The molecule has 482 valence electrons. The van der Waals surface area contributed by atoms with Crippen LogP contribution < -0.4 is 0 Å². The predicted octanol–water partition coefficient (Wildman–Crippen LogP) is 28.4. The van der Waals surface area contributed by atoms with Crippen molar-refractivity contribution in [3.8, 4) is 0 Å². The van der Waals surface area contributed by atoms with E-state index in [0.717, 1.165) is 71.9 Å². The molecule has 1 heterocycles. The molecule has 2 aromatic carbocycles. The third-order valence-corrected chi connectivity index (χ3v) is 22.5. The molecule has 83 heavy (non-hydrogen) atoms. The number of nitrogens with zero attached hydrogens (tertiary/aromatic N) is 2. The minimum Gasteiger partial charge on any atom is -0.0654 e. The first-order chi connectivity index (χ1) is 40.4. The zero-order valence-electron chi connectivity index (χ0n) is 57.4. The second kappa shape index (κ2) is 53.6. The number of benzene rings is 2. The third-order valence-electron chi connectivity index (χ3n) is 17.4. The van der Waals surface area contributed by atoms with Gasteiger partial charge in [-0.2, -0.15) is 0 Å². The zero-order valence-corrected chi connectivity index (χ0v) is 60.9. The second-order valence-electron chi connectivity index (χ2n) is 28.7. The van der Waals surface area contributed by atoms with Crippen LogP contribution in [0.25, 0.3) is 16.9 Å². The van der Waals surface area contributed by atoms with Crippen LogP contribution in [0.15, 0.2) is 60.2 Å². The first-order valence-electron chi connectivity index (χ1n) is 37.0. The van der Waals surface area contributed by atoms with Gasteiger partial charge in [0.2, 0.25) is 11.4 Å². The van der Waals surface area contributed by atoms with Crippen LogP contribution in [0, 0.1) is 0 Å². The van der Waals surface area contributed by atoms with Crippen LogP contribution in [-0.2, 0) is 30.1 Å². The Morgan fingerprint density at radius 3 is 0.892 bits per heavy atom. The van der Waals surface area contributed by atoms with Crippen LogP contribution >= 0.6 is 0 Å². The molecule has 0 radical (unpaired) electrons. The van der Waals surface area contributed by atoms with Gasteiger partial charge in [0, 0.05) is 38.9 Å². The van der Waals surface area contributed by atoms with E-state index in [0.29, 0.717) is 0 Å². The van der Waals surface area contributed by atoms with Gasteiger partial charge in [-0.15, -0.1) is 0 Å². The normalized spacial score (nSPS) is 12.9. The molecule has 5 heteroatoms. The third kappa shape index (κ3) is 45.5. The first kappa shape index (κ1) is 77.7. The summed E-state index contributed by atoms with van der Waals surface area (Å²) in [5, 5.41) is 0. The zero-order chi connectivity index (χ0) is 60.2. The molecule has 0 bridgehead atoms. The molecule has 0 saturated carbocycles. The number of hydrogen-bond donors (Lipinski definition) is 0. The van der Waals surface area contributed by atoms with Crippen molar-refractivity contribution in [1.82, 2.24) is 0 Å². The van der Waals surface area contributed by atoms with Crippen molar-refractivity contribution in [3.63, 3.8) is 0 Å². The van der Waals surface area contributed by atoms with E-state index in [2.05, 4.69) is 115 Å². The van der Waals surface area contributed by atoms with E-state index in [1.54, 1.807) is 9.79 Å². The molecule has 0 aromatic heterocycles. The van der Waals surface area contributed by atoms with Gasteiger partial charge in [-0.25, -0.2) is 4.70 Å². The van der Waals surface area contributed by atoms with Gasteiger partial charge in [0.1, 0.15) is 0 Å². The summed E-state index contributed by atoms with van der Waals surface area (Å²) in [5.41, 5.74) is 19.5. The Morgan fingerprint density at radius 1 is 0.337 bits per heavy atom. The van der Waals surface area contributed by atoms with Crippen LogP contribution in [0.5, 0.6) is 0 Å². The SMILES string of the molecule is CCCCC1=C(c2cccc(C[Si](C)(C)C)c2)[N+](=[N-])C(c2cccc(C[Si](C)(C)C)c2)=C1.CCCCCCCCCCCCCCCCCCCCCCCC[CH2][Pd][CH2]CCCCCCCCCCCCCCCCCCCCCCCC. The van der Waals surface area contributed by atoms with Gasteiger partial charge in [-0.05, 0) is 60.3 Å². The van der Waals surface area contributed by atoms with E-state index in [-0.39, 0.29) is 0 Å².